The lowest BCUT2D eigenvalue weighted by atomic mass is 9.98. The van der Waals surface area contributed by atoms with Crippen LogP contribution in [0.5, 0.6) is 0 Å². The van der Waals surface area contributed by atoms with Gasteiger partial charge in [0.05, 0.1) is 22.6 Å². The second-order valence-corrected chi connectivity index (χ2v) is 6.10. The van der Waals surface area contributed by atoms with Crippen molar-refractivity contribution in [2.45, 2.75) is 31.4 Å². The highest BCUT2D eigenvalue weighted by Crippen LogP contribution is 2.24. The Kier molecular flexibility index (Phi) is 7.94. The third-order valence-electron chi connectivity index (χ3n) is 3.93. The number of amides is 1. The minimum atomic E-state index is 0. The Morgan fingerprint density at radius 2 is 2.14 bits per heavy atom. The molecule has 0 spiro atoms. The average Bonchev–Trinajstić information content (AvgIpc) is 2.50. The van der Waals surface area contributed by atoms with Crippen LogP contribution in [0, 0.1) is 0 Å². The van der Waals surface area contributed by atoms with Gasteiger partial charge in [0, 0.05) is 26.2 Å². The minimum absolute atomic E-state index is 0. The second kappa shape index (κ2) is 8.94. The summed E-state index contributed by atoms with van der Waals surface area (Å²) in [5.41, 5.74) is 6.66. The number of nitrogens with zero attached hydrogens (tertiary/aromatic N) is 1. The lowest BCUT2D eigenvalue weighted by Crippen LogP contribution is -2.51. The zero-order valence-corrected chi connectivity index (χ0v) is 14.8. The number of nitrogens with two attached hydrogens (primary N) is 1. The first kappa shape index (κ1) is 19.5. The molecule has 1 heterocycles. The van der Waals surface area contributed by atoms with Gasteiger partial charge in [-0.05, 0) is 30.5 Å². The van der Waals surface area contributed by atoms with Crippen molar-refractivity contribution < 1.29 is 9.53 Å². The molecule has 1 amide bonds. The largest absolute Gasteiger partial charge is 0.381 e. The summed E-state index contributed by atoms with van der Waals surface area (Å²) in [5, 5.41) is 0.962. The second-order valence-electron chi connectivity index (χ2n) is 5.28. The fourth-order valence-electron chi connectivity index (χ4n) is 2.71. The van der Waals surface area contributed by atoms with Crippen LogP contribution >= 0.6 is 35.6 Å². The van der Waals surface area contributed by atoms with E-state index in [0.717, 1.165) is 18.4 Å². The fraction of sp³-hybridized carbons (Fsp3) is 0.533. The van der Waals surface area contributed by atoms with E-state index >= 15 is 0 Å². The summed E-state index contributed by atoms with van der Waals surface area (Å²) in [6.07, 6.45) is 2.14. The molecule has 4 nitrogen and oxygen atoms in total. The first-order valence-corrected chi connectivity index (χ1v) is 7.77. The third-order valence-corrected chi connectivity index (χ3v) is 4.67. The molecule has 1 aliphatic rings. The molecule has 1 aromatic rings. The summed E-state index contributed by atoms with van der Waals surface area (Å²) in [7, 11) is 1.70. The highest BCUT2D eigenvalue weighted by atomic mass is 35.5. The molecule has 0 aliphatic carbocycles. The van der Waals surface area contributed by atoms with E-state index < -0.39 is 0 Å². The van der Waals surface area contributed by atoms with Crippen molar-refractivity contribution in [3.05, 3.63) is 33.8 Å². The van der Waals surface area contributed by atoms with E-state index in [-0.39, 0.29) is 30.5 Å². The number of piperidine rings is 1. The summed E-state index contributed by atoms with van der Waals surface area (Å²) in [5.74, 6) is 0.0680. The van der Waals surface area contributed by atoms with Crippen molar-refractivity contribution in [1.82, 2.24) is 4.90 Å². The lowest BCUT2D eigenvalue weighted by Gasteiger charge is -2.38. The maximum absolute atomic E-state index is 12.5. The number of carbonyl (C=O) groups is 1. The fourth-order valence-corrected chi connectivity index (χ4v) is 3.03. The SMILES string of the molecule is COC1CCN(C(=O)Cc2ccc(Cl)c(Cl)c2)C(CN)C1.Cl. The van der Waals surface area contributed by atoms with Crippen molar-refractivity contribution in [3.8, 4) is 0 Å². The van der Waals surface area contributed by atoms with E-state index in [4.69, 9.17) is 33.7 Å². The predicted molar refractivity (Wildman–Crippen MR) is 92.0 cm³/mol. The van der Waals surface area contributed by atoms with Gasteiger partial charge >= 0.3 is 0 Å². The Hall–Kier alpha value is -0.520. The van der Waals surface area contributed by atoms with Gasteiger partial charge in [0.15, 0.2) is 0 Å². The molecule has 0 radical (unpaired) electrons. The standard InChI is InChI=1S/C15H20Cl2N2O2.ClH/c1-21-12-4-5-19(11(8-12)9-18)15(20)7-10-2-3-13(16)14(17)6-10;/h2-3,6,11-12H,4-5,7-9,18H2,1H3;1H. The first-order chi connectivity index (χ1) is 10.0. The number of methoxy groups -OCH3 is 1. The summed E-state index contributed by atoms with van der Waals surface area (Å²) in [6, 6.07) is 5.32. The molecule has 1 aromatic carbocycles. The van der Waals surface area contributed by atoms with Gasteiger partial charge in [-0.25, -0.2) is 0 Å². The number of rotatable bonds is 4. The number of benzene rings is 1. The van der Waals surface area contributed by atoms with Gasteiger partial charge in [-0.1, -0.05) is 29.3 Å². The van der Waals surface area contributed by atoms with Crippen LogP contribution in [0.1, 0.15) is 18.4 Å². The molecule has 0 aromatic heterocycles. The van der Waals surface area contributed by atoms with Crippen LogP contribution in [0.4, 0.5) is 0 Å². The molecule has 2 atom stereocenters. The highest BCUT2D eigenvalue weighted by molar-refractivity contribution is 6.42. The Morgan fingerprint density at radius 3 is 2.73 bits per heavy atom. The van der Waals surface area contributed by atoms with Gasteiger partial charge in [0.2, 0.25) is 5.91 Å². The van der Waals surface area contributed by atoms with Crippen LogP contribution in [-0.2, 0) is 16.0 Å². The quantitative estimate of drug-likeness (QED) is 0.890. The maximum atomic E-state index is 12.5. The van der Waals surface area contributed by atoms with E-state index in [2.05, 4.69) is 0 Å². The molecule has 0 bridgehead atoms. The maximum Gasteiger partial charge on any atom is 0.227 e. The molecule has 1 fully saturated rings. The molecule has 2 unspecified atom stereocenters. The smallest absolute Gasteiger partial charge is 0.227 e. The number of hydrogen-bond donors (Lipinski definition) is 1. The summed E-state index contributed by atoms with van der Waals surface area (Å²) in [4.78, 5) is 14.3. The van der Waals surface area contributed by atoms with Crippen LogP contribution in [0.25, 0.3) is 0 Å². The van der Waals surface area contributed by atoms with Crippen LogP contribution in [0.15, 0.2) is 18.2 Å². The molecule has 2 rings (SSSR count). The monoisotopic (exact) mass is 366 g/mol. The number of ether oxygens (including phenoxy) is 1. The molecule has 124 valence electrons. The summed E-state index contributed by atoms with van der Waals surface area (Å²) in [6.45, 7) is 1.13. The van der Waals surface area contributed by atoms with Gasteiger partial charge < -0.3 is 15.4 Å². The molecule has 7 heteroatoms. The Balaban J connectivity index is 0.00000242. The van der Waals surface area contributed by atoms with E-state index in [1.807, 2.05) is 11.0 Å². The Labute approximate surface area is 147 Å². The third kappa shape index (κ3) is 4.74. The first-order valence-electron chi connectivity index (χ1n) is 7.01. The minimum Gasteiger partial charge on any atom is -0.381 e. The Bertz CT molecular complexity index is 514. The number of likely N-dealkylation sites (tertiary alicyclic amines) is 1. The Morgan fingerprint density at radius 1 is 1.41 bits per heavy atom. The molecule has 1 saturated heterocycles. The highest BCUT2D eigenvalue weighted by Gasteiger charge is 2.30. The van der Waals surface area contributed by atoms with Crippen molar-refractivity contribution in [2.75, 3.05) is 20.2 Å². The van der Waals surface area contributed by atoms with Crippen molar-refractivity contribution in [1.29, 1.82) is 0 Å². The average molecular weight is 368 g/mol. The molecular weight excluding hydrogens is 347 g/mol. The van der Waals surface area contributed by atoms with Crippen LogP contribution in [0.2, 0.25) is 10.0 Å². The van der Waals surface area contributed by atoms with Crippen LogP contribution in [-0.4, -0.2) is 43.2 Å². The number of hydrogen-bond acceptors (Lipinski definition) is 3. The number of halogens is 3. The number of carbonyl (C=O) groups excluding carboxylic acids is 1. The van der Waals surface area contributed by atoms with Crippen molar-refractivity contribution in [3.63, 3.8) is 0 Å². The lowest BCUT2D eigenvalue weighted by molar-refractivity contribution is -0.136. The van der Waals surface area contributed by atoms with E-state index in [1.54, 1.807) is 19.2 Å². The molecule has 22 heavy (non-hydrogen) atoms. The molecule has 0 saturated carbocycles. The van der Waals surface area contributed by atoms with E-state index in [0.29, 0.717) is 29.6 Å². The molecular formula is C15H21Cl3N2O2. The van der Waals surface area contributed by atoms with Crippen LogP contribution in [0.3, 0.4) is 0 Å². The van der Waals surface area contributed by atoms with Crippen molar-refractivity contribution in [2.24, 2.45) is 5.73 Å². The van der Waals surface area contributed by atoms with E-state index in [1.165, 1.54) is 0 Å². The summed E-state index contributed by atoms with van der Waals surface area (Å²) < 4.78 is 5.37. The zero-order valence-electron chi connectivity index (χ0n) is 12.4. The normalized spacial score (nSPS) is 21.4. The van der Waals surface area contributed by atoms with E-state index in [9.17, 15) is 4.79 Å². The molecule has 1 aliphatic heterocycles. The predicted octanol–water partition coefficient (Wildman–Crippen LogP) is 2.92. The summed E-state index contributed by atoms with van der Waals surface area (Å²) >= 11 is 11.9. The zero-order chi connectivity index (χ0) is 15.4. The van der Waals surface area contributed by atoms with Gasteiger partial charge in [0.25, 0.3) is 0 Å². The topological polar surface area (TPSA) is 55.6 Å². The van der Waals surface area contributed by atoms with Crippen molar-refractivity contribution >= 4 is 41.5 Å². The van der Waals surface area contributed by atoms with Crippen LogP contribution < -0.4 is 5.73 Å². The van der Waals surface area contributed by atoms with Gasteiger partial charge in [-0.15, -0.1) is 12.4 Å². The van der Waals surface area contributed by atoms with Gasteiger partial charge in [-0.2, -0.15) is 0 Å². The van der Waals surface area contributed by atoms with Gasteiger partial charge in [0.1, 0.15) is 0 Å². The van der Waals surface area contributed by atoms with Gasteiger partial charge in [-0.3, -0.25) is 4.79 Å². The molecule has 2 N–H and O–H groups in total.